The number of nitrogens with zero attached hydrogens (tertiary/aromatic N) is 2. The van der Waals surface area contributed by atoms with Crippen LogP contribution in [0, 0.1) is 0 Å². The van der Waals surface area contributed by atoms with Crippen molar-refractivity contribution in [3.05, 3.63) is 69.0 Å². The average Bonchev–Trinajstić information content (AvgIpc) is 3.36. The van der Waals surface area contributed by atoms with Crippen molar-refractivity contribution in [2.45, 2.75) is 182 Å². The fourth-order valence-electron chi connectivity index (χ4n) is 8.38. The number of hydrogen-bond acceptors (Lipinski definition) is 1. The molecule has 0 aliphatic carbocycles. The molecule has 262 valence electrons. The third-order valence-electron chi connectivity index (χ3n) is 10.3. The number of hydrogen-bond donors (Lipinski definition) is 0. The molecule has 0 saturated carbocycles. The normalized spacial score (nSPS) is 12.0. The van der Waals surface area contributed by atoms with E-state index in [1.165, 1.54) is 59.2 Å². The summed E-state index contributed by atoms with van der Waals surface area (Å²) in [6, 6.07) is 14.2. The third kappa shape index (κ3) is 9.69. The molecule has 1 heterocycles. The SMILES string of the molecule is CCCC(CCC)c1cccc(C(CCC)CCC)c1-c1nc(Cl)c(Cl)n1-c1c(C(CCC)CCC)cccc1C(CCC)CCC. The number of benzene rings is 2. The highest BCUT2D eigenvalue weighted by atomic mass is 35.5. The quantitative estimate of drug-likeness (QED) is 0.103. The second-order valence-electron chi connectivity index (χ2n) is 14.0. The fraction of sp³-hybridized carbons (Fsp3) is 0.651. The van der Waals surface area contributed by atoms with Crippen molar-refractivity contribution >= 4 is 23.2 Å². The first-order chi connectivity index (χ1) is 22.9. The summed E-state index contributed by atoms with van der Waals surface area (Å²) in [5.74, 6) is 2.82. The maximum absolute atomic E-state index is 7.44. The molecule has 0 aliphatic heterocycles. The van der Waals surface area contributed by atoms with Gasteiger partial charge in [0.15, 0.2) is 10.3 Å². The number of para-hydroxylation sites is 1. The maximum Gasteiger partial charge on any atom is 0.167 e. The molecule has 0 atom stereocenters. The van der Waals surface area contributed by atoms with E-state index in [0.717, 1.165) is 82.9 Å². The minimum Gasteiger partial charge on any atom is -0.281 e. The van der Waals surface area contributed by atoms with Gasteiger partial charge in [0.25, 0.3) is 0 Å². The van der Waals surface area contributed by atoms with E-state index in [4.69, 9.17) is 28.2 Å². The topological polar surface area (TPSA) is 17.8 Å². The molecule has 0 aliphatic rings. The van der Waals surface area contributed by atoms with Crippen molar-refractivity contribution in [3.8, 4) is 17.1 Å². The van der Waals surface area contributed by atoms with Gasteiger partial charge >= 0.3 is 0 Å². The predicted molar refractivity (Wildman–Crippen MR) is 209 cm³/mol. The number of rotatable bonds is 22. The van der Waals surface area contributed by atoms with Crippen molar-refractivity contribution < 1.29 is 0 Å². The van der Waals surface area contributed by atoms with Crippen LogP contribution in [-0.4, -0.2) is 9.55 Å². The lowest BCUT2D eigenvalue weighted by Crippen LogP contribution is -2.15. The van der Waals surface area contributed by atoms with Crippen molar-refractivity contribution in [3.63, 3.8) is 0 Å². The first-order valence-corrected chi connectivity index (χ1v) is 20.3. The molecule has 0 spiro atoms. The van der Waals surface area contributed by atoms with E-state index in [-0.39, 0.29) is 0 Å². The van der Waals surface area contributed by atoms with Gasteiger partial charge in [0.2, 0.25) is 0 Å². The van der Waals surface area contributed by atoms with Gasteiger partial charge in [-0.1, -0.05) is 166 Å². The van der Waals surface area contributed by atoms with Gasteiger partial charge in [-0.15, -0.1) is 0 Å². The van der Waals surface area contributed by atoms with E-state index in [9.17, 15) is 0 Å². The highest BCUT2D eigenvalue weighted by Gasteiger charge is 2.31. The zero-order valence-corrected chi connectivity index (χ0v) is 32.7. The van der Waals surface area contributed by atoms with E-state index in [0.29, 0.717) is 34.0 Å². The van der Waals surface area contributed by atoms with E-state index in [1.54, 1.807) is 0 Å². The van der Waals surface area contributed by atoms with Crippen LogP contribution in [0.1, 0.15) is 204 Å². The first-order valence-electron chi connectivity index (χ1n) is 19.6. The van der Waals surface area contributed by atoms with E-state index in [2.05, 4.69) is 96.4 Å². The molecule has 2 aromatic carbocycles. The Balaban J connectivity index is 2.57. The van der Waals surface area contributed by atoms with Crippen LogP contribution in [0.15, 0.2) is 36.4 Å². The molecule has 0 unspecified atom stereocenters. The minimum absolute atomic E-state index is 0.415. The van der Waals surface area contributed by atoms with Crippen LogP contribution in [0.4, 0.5) is 0 Å². The Kier molecular flexibility index (Phi) is 17.4. The largest absolute Gasteiger partial charge is 0.281 e. The van der Waals surface area contributed by atoms with Crippen LogP contribution in [0.5, 0.6) is 0 Å². The first kappa shape index (κ1) is 39.7. The molecule has 3 aromatic rings. The van der Waals surface area contributed by atoms with Crippen LogP contribution in [-0.2, 0) is 0 Å². The lowest BCUT2D eigenvalue weighted by atomic mass is 9.80. The molecular weight excluding hydrogens is 615 g/mol. The second kappa shape index (κ2) is 20.7. The summed E-state index contributed by atoms with van der Waals surface area (Å²) < 4.78 is 2.33. The summed E-state index contributed by atoms with van der Waals surface area (Å²) in [6.07, 6.45) is 18.6. The lowest BCUT2D eigenvalue weighted by molar-refractivity contribution is 0.543. The second-order valence-corrected chi connectivity index (χ2v) is 14.8. The number of halogens is 2. The van der Waals surface area contributed by atoms with Crippen molar-refractivity contribution in [1.29, 1.82) is 0 Å². The van der Waals surface area contributed by atoms with Gasteiger partial charge in [-0.2, -0.15) is 0 Å². The highest BCUT2D eigenvalue weighted by molar-refractivity contribution is 6.41. The summed E-state index contributed by atoms with van der Waals surface area (Å²) in [4.78, 5) is 5.26. The molecule has 0 saturated heterocycles. The molecule has 3 rings (SSSR count). The smallest absolute Gasteiger partial charge is 0.167 e. The number of imidazole rings is 1. The van der Waals surface area contributed by atoms with Gasteiger partial charge in [-0.25, -0.2) is 4.98 Å². The van der Waals surface area contributed by atoms with Crippen molar-refractivity contribution in [2.75, 3.05) is 0 Å². The summed E-state index contributed by atoms with van der Waals surface area (Å²) >= 11 is 14.5. The lowest BCUT2D eigenvalue weighted by Gasteiger charge is -2.30. The molecule has 0 N–H and O–H groups in total. The van der Waals surface area contributed by atoms with Crippen molar-refractivity contribution in [1.82, 2.24) is 9.55 Å². The molecule has 2 nitrogen and oxygen atoms in total. The molecule has 4 heteroatoms. The molecule has 1 aromatic heterocycles. The Morgan fingerprint density at radius 3 is 1.11 bits per heavy atom. The molecule has 47 heavy (non-hydrogen) atoms. The summed E-state index contributed by atoms with van der Waals surface area (Å²) in [5.41, 5.74) is 8.25. The molecule has 0 radical (unpaired) electrons. The van der Waals surface area contributed by atoms with Crippen LogP contribution >= 0.6 is 23.2 Å². The molecule has 0 fully saturated rings. The summed E-state index contributed by atoms with van der Waals surface area (Å²) in [7, 11) is 0. The Morgan fingerprint density at radius 2 is 0.787 bits per heavy atom. The van der Waals surface area contributed by atoms with Gasteiger partial charge in [0.1, 0.15) is 5.82 Å². The van der Waals surface area contributed by atoms with Crippen LogP contribution in [0.25, 0.3) is 17.1 Å². The minimum atomic E-state index is 0.415. The predicted octanol–water partition coefficient (Wildman–Crippen LogP) is 15.6. The van der Waals surface area contributed by atoms with E-state index >= 15 is 0 Å². The van der Waals surface area contributed by atoms with Crippen LogP contribution in [0.2, 0.25) is 10.3 Å². The Hall–Kier alpha value is -1.77. The standard InChI is InChI=1S/C43H66Cl2N2/c1-9-19-31(20-10-2)35-27-17-28-36(32(21-11-3)22-12-4)39(35)43-46-41(44)42(45)47(43)40-37(33(23-13-5)24-14-6)29-18-30-38(40)34(25-15-7)26-16-8/h17-18,27-34H,9-16,19-26H2,1-8H3. The van der Waals surface area contributed by atoms with Crippen molar-refractivity contribution in [2.24, 2.45) is 0 Å². The van der Waals surface area contributed by atoms with Gasteiger partial charge in [-0.3, -0.25) is 4.57 Å². The van der Waals surface area contributed by atoms with E-state index < -0.39 is 0 Å². The summed E-state index contributed by atoms with van der Waals surface area (Å²) in [5, 5.41) is 0.970. The monoisotopic (exact) mass is 680 g/mol. The zero-order chi connectivity index (χ0) is 34.3. The third-order valence-corrected chi connectivity index (χ3v) is 11.0. The Bertz CT molecular complexity index is 1250. The molecule has 0 amide bonds. The van der Waals surface area contributed by atoms with E-state index in [1.807, 2.05) is 0 Å². The Morgan fingerprint density at radius 1 is 0.489 bits per heavy atom. The van der Waals surface area contributed by atoms with Gasteiger partial charge < -0.3 is 0 Å². The van der Waals surface area contributed by atoms with Gasteiger partial charge in [0, 0.05) is 5.56 Å². The maximum atomic E-state index is 7.44. The fourth-order valence-corrected chi connectivity index (χ4v) is 8.75. The van der Waals surface area contributed by atoms with Crippen LogP contribution < -0.4 is 0 Å². The number of aromatic nitrogens is 2. The zero-order valence-electron chi connectivity index (χ0n) is 31.2. The van der Waals surface area contributed by atoms with Gasteiger partial charge in [-0.05, 0) is 97.3 Å². The highest BCUT2D eigenvalue weighted by Crippen LogP contribution is 2.47. The van der Waals surface area contributed by atoms with Crippen LogP contribution in [0.3, 0.4) is 0 Å². The summed E-state index contributed by atoms with van der Waals surface area (Å²) in [6.45, 7) is 18.6. The average molecular weight is 682 g/mol. The molecular formula is C43H66Cl2N2. The molecule has 0 bridgehead atoms. The Labute approximate surface area is 299 Å². The van der Waals surface area contributed by atoms with Gasteiger partial charge in [0.05, 0.1) is 5.69 Å².